The third kappa shape index (κ3) is 4.16. The number of methoxy groups -OCH3 is 1. The van der Waals surface area contributed by atoms with Crippen molar-refractivity contribution in [1.82, 2.24) is 24.7 Å². The van der Waals surface area contributed by atoms with Crippen LogP contribution in [0.25, 0.3) is 10.9 Å². The second kappa shape index (κ2) is 8.58. The Morgan fingerprint density at radius 2 is 1.97 bits per heavy atom. The van der Waals surface area contributed by atoms with Crippen molar-refractivity contribution in [3.63, 3.8) is 0 Å². The van der Waals surface area contributed by atoms with E-state index in [1.165, 1.54) is 11.8 Å². The summed E-state index contributed by atoms with van der Waals surface area (Å²) in [6.45, 7) is 2.25. The molecule has 0 fully saturated rings. The van der Waals surface area contributed by atoms with E-state index in [4.69, 9.17) is 9.47 Å². The highest BCUT2D eigenvalue weighted by Crippen LogP contribution is 2.28. The number of rotatable bonds is 7. The highest BCUT2D eigenvalue weighted by molar-refractivity contribution is 7.98. The first-order chi connectivity index (χ1) is 14.5. The number of hydrogen-bond acceptors (Lipinski definition) is 7. The Labute approximate surface area is 177 Å². The number of aromatic nitrogens is 5. The fraction of sp³-hybridized carbons (Fsp3) is 0.238. The van der Waals surface area contributed by atoms with Gasteiger partial charge in [0.15, 0.2) is 22.5 Å². The largest absolute Gasteiger partial charge is 0.493 e. The van der Waals surface area contributed by atoms with Gasteiger partial charge in [-0.2, -0.15) is 0 Å². The Balaban J connectivity index is 1.44. The van der Waals surface area contributed by atoms with E-state index in [1.54, 1.807) is 13.2 Å². The van der Waals surface area contributed by atoms with Crippen LogP contribution >= 0.6 is 11.8 Å². The third-order valence-electron chi connectivity index (χ3n) is 4.60. The molecule has 0 saturated carbocycles. The maximum Gasteiger partial charge on any atom is 0.258 e. The Kier molecular flexibility index (Phi) is 5.71. The first kappa shape index (κ1) is 20.0. The molecule has 0 amide bonds. The quantitative estimate of drug-likeness (QED) is 0.456. The number of para-hydroxylation sites is 1. The van der Waals surface area contributed by atoms with E-state index < -0.39 is 0 Å². The lowest BCUT2D eigenvalue weighted by molar-refractivity contribution is 0.272. The molecule has 0 atom stereocenters. The van der Waals surface area contributed by atoms with Crippen molar-refractivity contribution < 1.29 is 9.47 Å². The molecular formula is C21H21N5O3S. The topological polar surface area (TPSA) is 94.9 Å². The Bertz CT molecular complexity index is 1250. The van der Waals surface area contributed by atoms with Gasteiger partial charge in [-0.3, -0.25) is 4.79 Å². The van der Waals surface area contributed by atoms with Crippen LogP contribution in [0.2, 0.25) is 0 Å². The van der Waals surface area contributed by atoms with Crippen LogP contribution < -0.4 is 15.0 Å². The van der Waals surface area contributed by atoms with Gasteiger partial charge in [-0.25, -0.2) is 4.98 Å². The number of hydrogen-bond donors (Lipinski definition) is 1. The maximum atomic E-state index is 12.2. The van der Waals surface area contributed by atoms with Crippen LogP contribution in [0.5, 0.6) is 11.5 Å². The summed E-state index contributed by atoms with van der Waals surface area (Å²) in [7, 11) is 3.49. The number of thioether (sulfide) groups is 1. The number of aromatic amines is 1. The third-order valence-corrected chi connectivity index (χ3v) is 5.63. The summed E-state index contributed by atoms with van der Waals surface area (Å²) in [5.41, 5.74) is 1.63. The standard InChI is InChI=1S/C21H21N5O3S/c1-13-8-9-16(17(10-13)28-3)29-11-19-24-25-21(26(19)2)30-12-18-22-15-7-5-4-6-14(15)20(27)23-18/h4-10H,11-12H2,1-3H3,(H,22,23,27). The molecule has 2 heterocycles. The van der Waals surface area contributed by atoms with Crippen LogP contribution in [-0.4, -0.2) is 31.8 Å². The zero-order valence-electron chi connectivity index (χ0n) is 16.9. The molecule has 2 aromatic carbocycles. The zero-order valence-corrected chi connectivity index (χ0v) is 17.7. The molecule has 0 spiro atoms. The Morgan fingerprint density at radius 3 is 2.80 bits per heavy atom. The van der Waals surface area contributed by atoms with Gasteiger partial charge in [0.05, 0.1) is 23.8 Å². The van der Waals surface area contributed by atoms with Crippen molar-refractivity contribution in [2.75, 3.05) is 7.11 Å². The Hall–Kier alpha value is -3.33. The Morgan fingerprint density at radius 1 is 1.13 bits per heavy atom. The monoisotopic (exact) mass is 423 g/mol. The summed E-state index contributed by atoms with van der Waals surface area (Å²) < 4.78 is 13.1. The molecule has 0 aliphatic rings. The van der Waals surface area contributed by atoms with Crippen molar-refractivity contribution in [2.45, 2.75) is 24.4 Å². The highest BCUT2D eigenvalue weighted by Gasteiger charge is 2.13. The summed E-state index contributed by atoms with van der Waals surface area (Å²) in [5, 5.41) is 9.74. The normalized spacial score (nSPS) is 11.0. The van der Waals surface area contributed by atoms with Crippen molar-refractivity contribution in [3.05, 3.63) is 70.0 Å². The zero-order chi connectivity index (χ0) is 21.1. The second-order valence-electron chi connectivity index (χ2n) is 6.72. The number of ether oxygens (including phenoxy) is 2. The molecule has 4 rings (SSSR count). The molecular weight excluding hydrogens is 402 g/mol. The molecule has 0 aliphatic carbocycles. The average molecular weight is 423 g/mol. The van der Waals surface area contributed by atoms with E-state index in [2.05, 4.69) is 20.2 Å². The molecule has 1 N–H and O–H groups in total. The molecule has 154 valence electrons. The van der Waals surface area contributed by atoms with Gasteiger partial charge >= 0.3 is 0 Å². The lowest BCUT2D eigenvalue weighted by Crippen LogP contribution is -2.11. The fourth-order valence-electron chi connectivity index (χ4n) is 2.97. The number of nitrogens with zero attached hydrogens (tertiary/aromatic N) is 4. The van der Waals surface area contributed by atoms with Gasteiger partial charge in [-0.15, -0.1) is 10.2 Å². The molecule has 8 nitrogen and oxygen atoms in total. The van der Waals surface area contributed by atoms with E-state index in [1.807, 2.05) is 54.9 Å². The van der Waals surface area contributed by atoms with Crippen LogP contribution in [0, 0.1) is 6.92 Å². The number of benzene rings is 2. The van der Waals surface area contributed by atoms with Gasteiger partial charge in [-0.1, -0.05) is 30.0 Å². The summed E-state index contributed by atoms with van der Waals surface area (Å²) in [4.78, 5) is 19.6. The smallest absolute Gasteiger partial charge is 0.258 e. The maximum absolute atomic E-state index is 12.2. The van der Waals surface area contributed by atoms with Gasteiger partial charge < -0.3 is 19.0 Å². The van der Waals surface area contributed by atoms with Crippen LogP contribution in [-0.2, 0) is 19.4 Å². The first-order valence-corrected chi connectivity index (χ1v) is 10.3. The molecule has 0 aliphatic heterocycles. The minimum Gasteiger partial charge on any atom is -0.493 e. The summed E-state index contributed by atoms with van der Waals surface area (Å²) in [5.74, 6) is 3.07. The number of aryl methyl sites for hydroxylation is 1. The summed E-state index contributed by atoms with van der Waals surface area (Å²) in [6, 6.07) is 13.0. The van der Waals surface area contributed by atoms with E-state index in [9.17, 15) is 4.79 Å². The van der Waals surface area contributed by atoms with Gasteiger partial charge in [0.2, 0.25) is 0 Å². The van der Waals surface area contributed by atoms with Crippen molar-refractivity contribution >= 4 is 22.7 Å². The van der Waals surface area contributed by atoms with E-state index in [-0.39, 0.29) is 12.2 Å². The van der Waals surface area contributed by atoms with Crippen LogP contribution in [0.1, 0.15) is 17.2 Å². The minimum absolute atomic E-state index is 0.143. The number of nitrogens with one attached hydrogen (secondary N) is 1. The van der Waals surface area contributed by atoms with E-state index in [0.29, 0.717) is 45.0 Å². The van der Waals surface area contributed by atoms with Gasteiger partial charge in [0, 0.05) is 7.05 Å². The fourth-order valence-corrected chi connectivity index (χ4v) is 3.77. The molecule has 2 aromatic heterocycles. The molecule has 0 bridgehead atoms. The lowest BCUT2D eigenvalue weighted by atomic mass is 10.2. The molecule has 0 radical (unpaired) electrons. The van der Waals surface area contributed by atoms with Crippen molar-refractivity contribution in [1.29, 1.82) is 0 Å². The molecule has 30 heavy (non-hydrogen) atoms. The van der Waals surface area contributed by atoms with E-state index in [0.717, 1.165) is 5.56 Å². The summed E-state index contributed by atoms with van der Waals surface area (Å²) in [6.07, 6.45) is 0. The van der Waals surface area contributed by atoms with Gasteiger partial charge in [0.25, 0.3) is 5.56 Å². The van der Waals surface area contributed by atoms with E-state index >= 15 is 0 Å². The van der Waals surface area contributed by atoms with Crippen LogP contribution in [0.3, 0.4) is 0 Å². The number of H-pyrrole nitrogens is 1. The minimum atomic E-state index is -0.143. The van der Waals surface area contributed by atoms with Gasteiger partial charge in [0.1, 0.15) is 12.4 Å². The predicted molar refractivity (Wildman–Crippen MR) is 115 cm³/mol. The predicted octanol–water partition coefficient (Wildman–Crippen LogP) is 3.24. The second-order valence-corrected chi connectivity index (χ2v) is 7.66. The molecule has 4 aromatic rings. The molecule has 0 unspecified atom stereocenters. The first-order valence-electron chi connectivity index (χ1n) is 9.31. The van der Waals surface area contributed by atoms with Crippen molar-refractivity contribution in [2.24, 2.45) is 7.05 Å². The SMILES string of the molecule is COc1cc(C)ccc1OCc1nnc(SCc2nc3ccccc3c(=O)[nH]2)n1C. The summed E-state index contributed by atoms with van der Waals surface area (Å²) >= 11 is 1.45. The van der Waals surface area contributed by atoms with Crippen LogP contribution in [0.15, 0.2) is 52.4 Å². The number of fused-ring (bicyclic) bond motifs is 1. The molecule has 9 heteroatoms. The molecule has 0 saturated heterocycles. The van der Waals surface area contributed by atoms with Crippen LogP contribution in [0.4, 0.5) is 0 Å². The average Bonchev–Trinajstić information content (AvgIpc) is 3.10. The lowest BCUT2D eigenvalue weighted by Gasteiger charge is -2.11. The van der Waals surface area contributed by atoms with Gasteiger partial charge in [-0.05, 0) is 36.8 Å². The highest BCUT2D eigenvalue weighted by atomic mass is 32.2. The van der Waals surface area contributed by atoms with Crippen molar-refractivity contribution in [3.8, 4) is 11.5 Å².